The maximum absolute atomic E-state index is 12.3. The van der Waals surface area contributed by atoms with E-state index < -0.39 is 0 Å². The van der Waals surface area contributed by atoms with Crippen molar-refractivity contribution in [2.24, 2.45) is 5.92 Å². The molecule has 0 aliphatic carbocycles. The van der Waals surface area contributed by atoms with Gasteiger partial charge in [-0.25, -0.2) is 4.79 Å². The van der Waals surface area contributed by atoms with Gasteiger partial charge in [-0.15, -0.1) is 0 Å². The molecule has 1 heterocycles. The molecule has 0 saturated carbocycles. The summed E-state index contributed by atoms with van der Waals surface area (Å²) in [5, 5.41) is 2.81. The van der Waals surface area contributed by atoms with Gasteiger partial charge >= 0.3 is 6.03 Å². The molecule has 0 fully saturated rings. The molecule has 19 heavy (non-hydrogen) atoms. The number of amides is 2. The summed E-state index contributed by atoms with van der Waals surface area (Å²) >= 11 is 0. The lowest BCUT2D eigenvalue weighted by Gasteiger charge is -2.26. The topological polar surface area (TPSA) is 49.4 Å². The normalized spacial score (nSPS) is 15.7. The Labute approximate surface area is 113 Å². The lowest BCUT2D eigenvalue weighted by atomic mass is 9.93. The third-order valence-corrected chi connectivity index (χ3v) is 3.55. The second-order valence-electron chi connectivity index (χ2n) is 5.21. The van der Waals surface area contributed by atoms with Crippen molar-refractivity contribution in [3.63, 3.8) is 0 Å². The fourth-order valence-electron chi connectivity index (χ4n) is 2.39. The quantitative estimate of drug-likeness (QED) is 0.844. The number of carbonyl (C=O) groups excluding carboxylic acids is 2. The number of carbonyl (C=O) groups is 2. The Balaban J connectivity index is 2.24. The molecule has 4 heteroatoms. The number of hydrogen-bond acceptors (Lipinski definition) is 2. The zero-order chi connectivity index (χ0) is 14.0. The predicted octanol–water partition coefficient (Wildman–Crippen LogP) is 3.28. The molecule has 0 radical (unpaired) electrons. The molecule has 0 aromatic heterocycles. The smallest absolute Gasteiger partial charge is 0.321 e. The van der Waals surface area contributed by atoms with E-state index in [9.17, 15) is 9.59 Å². The number of nitrogens with one attached hydrogen (secondary N) is 1. The third kappa shape index (κ3) is 2.78. The monoisotopic (exact) mass is 260 g/mol. The van der Waals surface area contributed by atoms with Crippen molar-refractivity contribution in [3.8, 4) is 0 Å². The van der Waals surface area contributed by atoms with E-state index in [1.54, 1.807) is 18.0 Å². The van der Waals surface area contributed by atoms with Crippen molar-refractivity contribution in [2.75, 3.05) is 12.4 Å². The van der Waals surface area contributed by atoms with Gasteiger partial charge < -0.3 is 10.2 Å². The van der Waals surface area contributed by atoms with Crippen molar-refractivity contribution in [1.82, 2.24) is 4.90 Å². The summed E-state index contributed by atoms with van der Waals surface area (Å²) in [7, 11) is 1.74. The van der Waals surface area contributed by atoms with Crippen LogP contribution in [0.5, 0.6) is 0 Å². The van der Waals surface area contributed by atoms with E-state index in [4.69, 9.17) is 0 Å². The summed E-state index contributed by atoms with van der Waals surface area (Å²) < 4.78 is 0. The molecule has 2 rings (SSSR count). The Hall–Kier alpha value is -1.84. The predicted molar refractivity (Wildman–Crippen MR) is 75.3 cm³/mol. The summed E-state index contributed by atoms with van der Waals surface area (Å²) in [5.74, 6) is 0.239. The number of nitrogens with zero attached hydrogens (tertiary/aromatic N) is 1. The highest BCUT2D eigenvalue weighted by Gasteiger charge is 2.21. The zero-order valence-electron chi connectivity index (χ0n) is 11.7. The van der Waals surface area contributed by atoms with E-state index >= 15 is 0 Å². The lowest BCUT2D eigenvalue weighted by molar-refractivity contribution is 0.0923. The van der Waals surface area contributed by atoms with Gasteiger partial charge in [0.25, 0.3) is 0 Å². The van der Waals surface area contributed by atoms with Crippen LogP contribution in [0.15, 0.2) is 18.2 Å². The molecule has 1 aliphatic heterocycles. The minimum absolute atomic E-state index is 0.0546. The van der Waals surface area contributed by atoms with Gasteiger partial charge in [0.2, 0.25) is 0 Å². The van der Waals surface area contributed by atoms with Crippen LogP contribution in [0.1, 0.15) is 42.6 Å². The van der Waals surface area contributed by atoms with E-state index in [1.807, 2.05) is 19.1 Å². The van der Waals surface area contributed by atoms with E-state index in [1.165, 1.54) is 0 Å². The lowest BCUT2D eigenvalue weighted by Crippen LogP contribution is -2.35. The van der Waals surface area contributed by atoms with Gasteiger partial charge in [-0.3, -0.25) is 4.79 Å². The standard InChI is InChI=1S/C15H20N2O2/c1-4-5-10(2)14(18)11-6-7-13-12(8-11)9-17(3)15(19)16-13/h6-8,10H,4-5,9H2,1-3H3,(H,16,19). The zero-order valence-corrected chi connectivity index (χ0v) is 11.7. The van der Waals surface area contributed by atoms with Gasteiger partial charge in [-0.05, 0) is 30.2 Å². The first-order valence-corrected chi connectivity index (χ1v) is 6.72. The molecule has 0 saturated heterocycles. The Morgan fingerprint density at radius 2 is 2.21 bits per heavy atom. The number of fused-ring (bicyclic) bond motifs is 1. The second-order valence-corrected chi connectivity index (χ2v) is 5.21. The summed E-state index contributed by atoms with van der Waals surface area (Å²) in [5.41, 5.74) is 2.55. The van der Waals surface area contributed by atoms with Gasteiger partial charge in [-0.1, -0.05) is 20.3 Å². The molecular formula is C15H20N2O2. The molecule has 2 amide bonds. The van der Waals surface area contributed by atoms with Crippen LogP contribution in [0, 0.1) is 5.92 Å². The van der Waals surface area contributed by atoms with Gasteiger partial charge in [0.1, 0.15) is 0 Å². The highest BCUT2D eigenvalue weighted by atomic mass is 16.2. The molecular weight excluding hydrogens is 240 g/mol. The van der Waals surface area contributed by atoms with Crippen LogP contribution in [0.2, 0.25) is 0 Å². The maximum Gasteiger partial charge on any atom is 0.321 e. The van der Waals surface area contributed by atoms with Crippen LogP contribution in [0.4, 0.5) is 10.5 Å². The van der Waals surface area contributed by atoms with Gasteiger partial charge in [-0.2, -0.15) is 0 Å². The fraction of sp³-hybridized carbons (Fsp3) is 0.467. The Bertz CT molecular complexity index is 511. The molecule has 1 unspecified atom stereocenters. The maximum atomic E-state index is 12.3. The first kappa shape index (κ1) is 13.6. The number of rotatable bonds is 4. The fourth-order valence-corrected chi connectivity index (χ4v) is 2.39. The summed E-state index contributed by atoms with van der Waals surface area (Å²) in [6, 6.07) is 5.43. The molecule has 1 aromatic rings. The van der Waals surface area contributed by atoms with Gasteiger partial charge in [0.05, 0.1) is 0 Å². The molecule has 102 valence electrons. The molecule has 1 aromatic carbocycles. The van der Waals surface area contributed by atoms with Crippen molar-refractivity contribution < 1.29 is 9.59 Å². The van der Waals surface area contributed by atoms with E-state index in [0.717, 1.165) is 29.7 Å². The molecule has 4 nitrogen and oxygen atoms in total. The molecule has 1 aliphatic rings. The third-order valence-electron chi connectivity index (χ3n) is 3.55. The average Bonchev–Trinajstić information content (AvgIpc) is 2.39. The number of urea groups is 1. The Morgan fingerprint density at radius 1 is 1.47 bits per heavy atom. The van der Waals surface area contributed by atoms with Crippen LogP contribution in [-0.4, -0.2) is 23.8 Å². The molecule has 0 spiro atoms. The Morgan fingerprint density at radius 3 is 2.89 bits per heavy atom. The molecule has 1 N–H and O–H groups in total. The average molecular weight is 260 g/mol. The van der Waals surface area contributed by atoms with Crippen LogP contribution in [0.3, 0.4) is 0 Å². The van der Waals surface area contributed by atoms with Crippen molar-refractivity contribution in [3.05, 3.63) is 29.3 Å². The number of Topliss-reactive ketones (excluding diaryl/α,β-unsaturated/α-hetero) is 1. The van der Waals surface area contributed by atoms with Crippen LogP contribution < -0.4 is 5.32 Å². The van der Waals surface area contributed by atoms with E-state index in [0.29, 0.717) is 6.54 Å². The van der Waals surface area contributed by atoms with Gasteiger partial charge in [0, 0.05) is 30.8 Å². The highest BCUT2D eigenvalue weighted by Crippen LogP contribution is 2.25. The van der Waals surface area contributed by atoms with Crippen molar-refractivity contribution in [1.29, 1.82) is 0 Å². The first-order chi connectivity index (χ1) is 9.02. The SMILES string of the molecule is CCCC(C)C(=O)c1ccc2c(c1)CN(C)C(=O)N2. The number of ketones is 1. The summed E-state index contributed by atoms with van der Waals surface area (Å²) in [4.78, 5) is 25.4. The molecule has 0 bridgehead atoms. The van der Waals surface area contributed by atoms with Crippen LogP contribution in [-0.2, 0) is 6.54 Å². The van der Waals surface area contributed by atoms with Crippen molar-refractivity contribution >= 4 is 17.5 Å². The van der Waals surface area contributed by atoms with Crippen molar-refractivity contribution in [2.45, 2.75) is 33.2 Å². The minimum Gasteiger partial charge on any atom is -0.323 e. The van der Waals surface area contributed by atoms with E-state index in [2.05, 4.69) is 12.2 Å². The van der Waals surface area contributed by atoms with E-state index in [-0.39, 0.29) is 17.7 Å². The largest absolute Gasteiger partial charge is 0.323 e. The number of hydrogen-bond donors (Lipinski definition) is 1. The first-order valence-electron chi connectivity index (χ1n) is 6.72. The summed E-state index contributed by atoms with van der Waals surface area (Å²) in [6.07, 6.45) is 1.92. The molecule has 1 atom stereocenters. The second kappa shape index (κ2) is 5.43. The van der Waals surface area contributed by atoms with Gasteiger partial charge in [0.15, 0.2) is 5.78 Å². The number of benzene rings is 1. The van der Waals surface area contributed by atoms with Crippen LogP contribution in [0.25, 0.3) is 0 Å². The van der Waals surface area contributed by atoms with Crippen LogP contribution >= 0.6 is 0 Å². The summed E-state index contributed by atoms with van der Waals surface area (Å²) in [6.45, 7) is 4.60. The Kier molecular flexibility index (Phi) is 3.88. The highest BCUT2D eigenvalue weighted by molar-refractivity contribution is 5.99. The minimum atomic E-state index is -0.106. The number of anilines is 1.